The first kappa shape index (κ1) is 24.1. The fraction of sp³-hybridized carbons (Fsp3) is 0.0556. The van der Waals surface area contributed by atoms with Crippen LogP contribution in [-0.4, -0.2) is 11.9 Å². The van der Waals surface area contributed by atoms with Crippen molar-refractivity contribution in [3.63, 3.8) is 0 Å². The number of carboxylic acid groups (broad SMARTS) is 2. The van der Waals surface area contributed by atoms with Crippen LogP contribution in [0.25, 0.3) is 32.9 Å². The van der Waals surface area contributed by atoms with E-state index < -0.39 is 50.9 Å². The molecule has 3 aromatic heterocycles. The predicted molar refractivity (Wildman–Crippen MR) is 88.0 cm³/mol. The minimum absolute atomic E-state index is 0. The van der Waals surface area contributed by atoms with Crippen LogP contribution in [0.15, 0.2) is 45.8 Å². The normalized spacial score (nSPS) is 10.6. The second-order valence-electron chi connectivity index (χ2n) is 5.89. The monoisotopic (exact) mass is 428 g/mol. The number of aryl methyl sites for hydroxylation is 1. The van der Waals surface area contributed by atoms with Crippen LogP contribution in [0.1, 0.15) is 26.7 Å². The Bertz CT molecular complexity index is 1540. The Hall–Kier alpha value is -2.21. The number of carbonyl (C=O) groups is 2. The van der Waals surface area contributed by atoms with E-state index in [4.69, 9.17) is 13.3 Å². The van der Waals surface area contributed by atoms with Crippen molar-refractivity contribution in [1.29, 1.82) is 0 Å². The molecular weight excluding hydrogens is 422 g/mol. The van der Waals surface area contributed by atoms with Crippen molar-refractivity contribution in [3.05, 3.63) is 66.1 Å². The summed E-state index contributed by atoms with van der Waals surface area (Å²) >= 11 is 0. The summed E-state index contributed by atoms with van der Waals surface area (Å²) in [5.74, 6) is -5.31. The fourth-order valence-corrected chi connectivity index (χ4v) is 3.04. The fourth-order valence-electron chi connectivity index (χ4n) is 3.04. The number of hydrogen-bond donors (Lipinski definition) is 0. The zero-order valence-electron chi connectivity index (χ0n) is 15.8. The van der Waals surface area contributed by atoms with Gasteiger partial charge in [0, 0.05) is 18.2 Å². The van der Waals surface area contributed by atoms with Crippen molar-refractivity contribution in [2.45, 2.75) is 6.92 Å². The summed E-state index contributed by atoms with van der Waals surface area (Å²) in [6, 6.07) is 2.27. The molecule has 0 saturated carbocycles. The number of rotatable bonds is 2. The summed E-state index contributed by atoms with van der Waals surface area (Å²) in [5.41, 5.74) is -3.71. The van der Waals surface area contributed by atoms with Gasteiger partial charge in [0.25, 0.3) is 0 Å². The second-order valence-corrected chi connectivity index (χ2v) is 5.89. The molecule has 140 valence electrons. The Labute approximate surface area is 208 Å². The Morgan fingerprint density at radius 2 is 1.10 bits per heavy atom. The molecule has 30 heavy (non-hydrogen) atoms. The molecule has 0 aliphatic rings. The number of benzene rings is 1. The van der Waals surface area contributed by atoms with Crippen LogP contribution in [0.5, 0.6) is 0 Å². The molecule has 0 fully saturated rings. The molecular formula is C18H6Na2O10. The van der Waals surface area contributed by atoms with Crippen molar-refractivity contribution in [2.24, 2.45) is 0 Å². The van der Waals surface area contributed by atoms with E-state index in [1.165, 1.54) is 6.92 Å². The number of aromatic carboxylic acids is 2. The third kappa shape index (κ3) is 3.66. The van der Waals surface area contributed by atoms with E-state index in [2.05, 4.69) is 0 Å². The molecule has 0 atom stereocenters. The summed E-state index contributed by atoms with van der Waals surface area (Å²) in [4.78, 5) is 59.2. The van der Waals surface area contributed by atoms with Crippen molar-refractivity contribution in [1.82, 2.24) is 0 Å². The van der Waals surface area contributed by atoms with Crippen LogP contribution in [0.2, 0.25) is 0 Å². The SMILES string of the molecule is Cc1cc(=O)oc2c1c1oc(C(=O)[O-])cc(=O)c1c1oc(C(=O)[O-])cc(=O)c21.[Na+].[Na+]. The maximum Gasteiger partial charge on any atom is 1.00 e. The van der Waals surface area contributed by atoms with Gasteiger partial charge in [-0.3, -0.25) is 9.59 Å². The third-order valence-electron chi connectivity index (χ3n) is 4.14. The summed E-state index contributed by atoms with van der Waals surface area (Å²) in [6.07, 6.45) is 0. The average Bonchev–Trinajstić information content (AvgIpc) is 2.59. The maximum absolute atomic E-state index is 12.6. The van der Waals surface area contributed by atoms with E-state index in [0.717, 1.165) is 6.07 Å². The quantitative estimate of drug-likeness (QED) is 0.170. The van der Waals surface area contributed by atoms with Gasteiger partial charge in [0.05, 0.1) is 5.39 Å². The van der Waals surface area contributed by atoms with Crippen molar-refractivity contribution < 1.29 is 92.2 Å². The Kier molecular flexibility index (Phi) is 6.82. The molecule has 0 spiro atoms. The molecule has 0 aliphatic heterocycles. The van der Waals surface area contributed by atoms with Crippen LogP contribution in [0.3, 0.4) is 0 Å². The van der Waals surface area contributed by atoms with Gasteiger partial charge in [-0.1, -0.05) is 0 Å². The Morgan fingerprint density at radius 3 is 1.53 bits per heavy atom. The van der Waals surface area contributed by atoms with Gasteiger partial charge < -0.3 is 33.1 Å². The first-order valence-corrected chi connectivity index (χ1v) is 7.64. The van der Waals surface area contributed by atoms with E-state index in [-0.39, 0.29) is 86.6 Å². The minimum atomic E-state index is -1.83. The molecule has 3 heterocycles. The predicted octanol–water partition coefficient (Wildman–Crippen LogP) is -6.95. The standard InChI is InChI=1S/C18H8O10.2Na/c1-5-2-10(21)28-15-11(5)14-12(6(19)3-8(26-14)17(22)23)16-13(15)7(20)4-9(27-16)18(24)25;;/h2-4H,1H3,(H,22,23)(H,24,25);;/q;2*+1/p-2. The minimum Gasteiger partial charge on any atom is -0.542 e. The average molecular weight is 428 g/mol. The molecule has 0 unspecified atom stereocenters. The summed E-state index contributed by atoms with van der Waals surface area (Å²) in [6.45, 7) is 1.45. The van der Waals surface area contributed by atoms with Crippen LogP contribution in [-0.2, 0) is 0 Å². The smallest absolute Gasteiger partial charge is 0.542 e. The van der Waals surface area contributed by atoms with E-state index in [0.29, 0.717) is 12.1 Å². The van der Waals surface area contributed by atoms with E-state index in [1.807, 2.05) is 0 Å². The third-order valence-corrected chi connectivity index (χ3v) is 4.14. The molecule has 12 heteroatoms. The second kappa shape index (κ2) is 8.50. The molecule has 10 nitrogen and oxygen atoms in total. The first-order chi connectivity index (χ1) is 13.2. The van der Waals surface area contributed by atoms with Gasteiger partial charge >= 0.3 is 64.7 Å². The number of hydrogen-bond acceptors (Lipinski definition) is 10. The Morgan fingerprint density at radius 1 is 0.700 bits per heavy atom. The van der Waals surface area contributed by atoms with Crippen molar-refractivity contribution >= 4 is 44.8 Å². The maximum atomic E-state index is 12.6. The molecule has 0 bridgehead atoms. The summed E-state index contributed by atoms with van der Waals surface area (Å²) in [5, 5.41) is 21.5. The van der Waals surface area contributed by atoms with E-state index in [1.54, 1.807) is 0 Å². The van der Waals surface area contributed by atoms with E-state index in [9.17, 15) is 34.2 Å². The number of carbonyl (C=O) groups excluding carboxylic acids is 2. The first-order valence-electron chi connectivity index (χ1n) is 7.64. The molecule has 0 amide bonds. The van der Waals surface area contributed by atoms with Gasteiger partial charge in [0.2, 0.25) is 0 Å². The van der Waals surface area contributed by atoms with Crippen LogP contribution >= 0.6 is 0 Å². The van der Waals surface area contributed by atoms with Gasteiger partial charge in [-0.25, -0.2) is 4.79 Å². The topological polar surface area (TPSA) is 171 Å². The molecule has 4 aromatic rings. The number of fused-ring (bicyclic) bond motifs is 6. The Balaban J connectivity index is 0.00000160. The largest absolute Gasteiger partial charge is 1.00 e. The van der Waals surface area contributed by atoms with Crippen molar-refractivity contribution in [3.8, 4) is 0 Å². The molecule has 0 saturated heterocycles. The van der Waals surface area contributed by atoms with Gasteiger partial charge in [0.1, 0.15) is 22.7 Å². The molecule has 1 aromatic carbocycles. The van der Waals surface area contributed by atoms with Crippen molar-refractivity contribution in [2.75, 3.05) is 0 Å². The molecule has 0 radical (unpaired) electrons. The zero-order chi connectivity index (χ0) is 20.3. The van der Waals surface area contributed by atoms with Gasteiger partial charge in [-0.2, -0.15) is 0 Å². The molecule has 4 rings (SSSR count). The van der Waals surface area contributed by atoms with Crippen LogP contribution in [0, 0.1) is 6.92 Å². The number of carboxylic acids is 2. The van der Waals surface area contributed by atoms with Gasteiger partial charge in [-0.15, -0.1) is 0 Å². The van der Waals surface area contributed by atoms with Crippen LogP contribution in [0.4, 0.5) is 0 Å². The summed E-state index contributed by atoms with van der Waals surface area (Å²) in [7, 11) is 0. The van der Waals surface area contributed by atoms with Gasteiger partial charge in [0.15, 0.2) is 39.1 Å². The molecule has 0 aliphatic carbocycles. The van der Waals surface area contributed by atoms with Crippen LogP contribution < -0.4 is 85.8 Å². The van der Waals surface area contributed by atoms with E-state index >= 15 is 0 Å². The van der Waals surface area contributed by atoms with Gasteiger partial charge in [-0.05, 0) is 12.5 Å². The summed E-state index contributed by atoms with van der Waals surface area (Å²) < 4.78 is 15.5. The molecule has 0 N–H and O–H groups in total. The zero-order valence-corrected chi connectivity index (χ0v) is 19.8.